The number of halogens is 4. The summed E-state index contributed by atoms with van der Waals surface area (Å²) in [6.45, 7) is 7.15. The molecule has 2 rings (SSSR count). The second-order valence-corrected chi connectivity index (χ2v) is 7.47. The molecule has 1 aliphatic heterocycles. The molecule has 0 unspecified atom stereocenters. The molecule has 1 aromatic rings. The molecule has 0 radical (unpaired) electrons. The molecule has 0 fully saturated rings. The van der Waals surface area contributed by atoms with E-state index in [9.17, 15) is 18.0 Å². The Bertz CT molecular complexity index is 891. The van der Waals surface area contributed by atoms with Crippen LogP contribution in [0.25, 0.3) is 0 Å². The number of nitrogens with two attached hydrogens (primary N) is 1. The molecule has 3 N–H and O–H groups in total. The van der Waals surface area contributed by atoms with Crippen molar-refractivity contribution in [1.82, 2.24) is 5.32 Å². The summed E-state index contributed by atoms with van der Waals surface area (Å²) in [6.07, 6.45) is -1.98. The maximum Gasteiger partial charge on any atom is 0.417 e. The summed E-state index contributed by atoms with van der Waals surface area (Å²) in [5.74, 6) is -0.567. The normalized spacial score (nSPS) is 15.2. The molecule has 1 heterocycles. The second-order valence-electron chi connectivity index (χ2n) is 7.06. The molecule has 30 heavy (non-hydrogen) atoms. The first kappa shape index (κ1) is 24.0. The molecule has 0 saturated heterocycles. The third-order valence-electron chi connectivity index (χ3n) is 4.86. The van der Waals surface area contributed by atoms with Crippen molar-refractivity contribution >= 4 is 34.6 Å². The first-order valence-electron chi connectivity index (χ1n) is 9.58. The number of carbonyl (C=O) groups excluding carboxylic acids is 1. The second kappa shape index (κ2) is 10.1. The van der Waals surface area contributed by atoms with Gasteiger partial charge >= 0.3 is 6.18 Å². The average molecular weight is 443 g/mol. The van der Waals surface area contributed by atoms with Gasteiger partial charge in [0.1, 0.15) is 5.71 Å². The Labute approximate surface area is 179 Å². The lowest BCUT2D eigenvalue weighted by molar-refractivity contribution is -0.112. The van der Waals surface area contributed by atoms with Crippen molar-refractivity contribution in [2.75, 3.05) is 31.1 Å². The molecule has 0 spiro atoms. The van der Waals surface area contributed by atoms with E-state index in [2.05, 4.69) is 10.3 Å². The van der Waals surface area contributed by atoms with Gasteiger partial charge in [0.25, 0.3) is 5.91 Å². The van der Waals surface area contributed by atoms with Gasteiger partial charge in [0.05, 0.1) is 23.5 Å². The largest absolute Gasteiger partial charge is 0.417 e. The molecule has 0 bridgehead atoms. The monoisotopic (exact) mass is 442 g/mol. The Hall–Kier alpha value is -2.32. The van der Waals surface area contributed by atoms with Gasteiger partial charge in [-0.25, -0.2) is 4.99 Å². The molecule has 0 saturated carbocycles. The Morgan fingerprint density at radius 3 is 2.57 bits per heavy atom. The molecular formula is C21H26ClF3N4O. The molecule has 5 nitrogen and oxygen atoms in total. The van der Waals surface area contributed by atoms with Crippen LogP contribution in [0.2, 0.25) is 0 Å². The molecule has 0 atom stereocenters. The minimum absolute atomic E-state index is 0.182. The third kappa shape index (κ3) is 6.09. The number of hydrogen-bond acceptors (Lipinski definition) is 4. The number of nitrogens with one attached hydrogen (secondary N) is 1. The van der Waals surface area contributed by atoms with Gasteiger partial charge < -0.3 is 16.0 Å². The first-order chi connectivity index (χ1) is 14.0. The van der Waals surface area contributed by atoms with E-state index in [4.69, 9.17) is 17.3 Å². The fourth-order valence-corrected chi connectivity index (χ4v) is 3.25. The van der Waals surface area contributed by atoms with Gasteiger partial charge in [-0.2, -0.15) is 13.2 Å². The van der Waals surface area contributed by atoms with Crippen LogP contribution in [0.15, 0.2) is 39.9 Å². The Morgan fingerprint density at radius 1 is 1.30 bits per heavy atom. The highest BCUT2D eigenvalue weighted by molar-refractivity contribution is 6.40. The maximum atomic E-state index is 13.0. The predicted octanol–water partition coefficient (Wildman–Crippen LogP) is 4.29. The van der Waals surface area contributed by atoms with Crippen molar-refractivity contribution in [1.29, 1.82) is 0 Å². The van der Waals surface area contributed by atoms with E-state index in [1.807, 2.05) is 30.9 Å². The fraction of sp³-hybridized carbons (Fsp3) is 0.429. The highest BCUT2D eigenvalue weighted by atomic mass is 35.5. The lowest BCUT2D eigenvalue weighted by atomic mass is 10.0. The molecule has 1 amide bonds. The Kier molecular flexibility index (Phi) is 8.09. The number of fused-ring (bicyclic) bond motifs is 1. The summed E-state index contributed by atoms with van der Waals surface area (Å²) in [5.41, 5.74) is 8.65. The van der Waals surface area contributed by atoms with Crippen molar-refractivity contribution in [3.8, 4) is 0 Å². The fourth-order valence-electron chi connectivity index (χ4n) is 3.07. The zero-order valence-corrected chi connectivity index (χ0v) is 18.0. The van der Waals surface area contributed by atoms with E-state index in [0.29, 0.717) is 31.9 Å². The standard InChI is InChI=1S/C21H26ClF3N4O/c1-4-16(22)15(21(23,24)25)6-5-7-27-8-9-29-12-18(20(26)30)28-17-10-13(2)14(3)11-19(17)29/h4,6,10-11,27H,5,7-9,12H2,1-3H3,(H2,26,30). The van der Waals surface area contributed by atoms with Crippen LogP contribution in [0, 0.1) is 13.8 Å². The van der Waals surface area contributed by atoms with Crippen LogP contribution in [0.5, 0.6) is 0 Å². The molecule has 0 aliphatic carbocycles. The van der Waals surface area contributed by atoms with Crippen LogP contribution in [0.3, 0.4) is 0 Å². The highest BCUT2D eigenvalue weighted by Gasteiger charge is 2.34. The number of rotatable bonds is 8. The van der Waals surface area contributed by atoms with E-state index in [-0.39, 0.29) is 17.2 Å². The summed E-state index contributed by atoms with van der Waals surface area (Å²) in [7, 11) is 0. The summed E-state index contributed by atoms with van der Waals surface area (Å²) in [5, 5.41) is 2.82. The lowest BCUT2D eigenvalue weighted by Gasteiger charge is -2.30. The van der Waals surface area contributed by atoms with Crippen LogP contribution < -0.4 is 16.0 Å². The SMILES string of the molecule is CC=C(Cl)C(=CCCNCCN1CC(C(N)=O)=Nc2cc(C)c(C)cc21)C(F)(F)F. The quantitative estimate of drug-likeness (QED) is 0.466. The zero-order valence-electron chi connectivity index (χ0n) is 17.2. The number of amides is 1. The van der Waals surface area contributed by atoms with Gasteiger partial charge in [0, 0.05) is 18.1 Å². The maximum absolute atomic E-state index is 13.0. The van der Waals surface area contributed by atoms with Crippen LogP contribution in [0.4, 0.5) is 24.5 Å². The van der Waals surface area contributed by atoms with Crippen molar-refractivity contribution in [2.24, 2.45) is 10.7 Å². The predicted molar refractivity (Wildman–Crippen MR) is 116 cm³/mol. The number of anilines is 1. The molecule has 1 aliphatic rings. The van der Waals surface area contributed by atoms with Crippen LogP contribution in [0.1, 0.15) is 24.5 Å². The number of primary amides is 1. The number of alkyl halides is 3. The summed E-state index contributed by atoms with van der Waals surface area (Å²) in [4.78, 5) is 18.0. The number of hydrogen-bond donors (Lipinski definition) is 2. The van der Waals surface area contributed by atoms with Crippen LogP contribution >= 0.6 is 11.6 Å². The average Bonchev–Trinajstić information content (AvgIpc) is 2.66. The molecule has 1 aromatic carbocycles. The lowest BCUT2D eigenvalue weighted by Crippen LogP contribution is -2.42. The first-order valence-corrected chi connectivity index (χ1v) is 9.96. The van der Waals surface area contributed by atoms with Gasteiger partial charge in [0.15, 0.2) is 0 Å². The van der Waals surface area contributed by atoms with E-state index in [0.717, 1.165) is 22.9 Å². The van der Waals surface area contributed by atoms with E-state index < -0.39 is 17.7 Å². The third-order valence-corrected chi connectivity index (χ3v) is 5.28. The van der Waals surface area contributed by atoms with E-state index in [1.165, 1.54) is 13.0 Å². The molecular weight excluding hydrogens is 417 g/mol. The van der Waals surface area contributed by atoms with Gasteiger partial charge in [-0.15, -0.1) is 0 Å². The highest BCUT2D eigenvalue weighted by Crippen LogP contribution is 2.35. The minimum Gasteiger partial charge on any atom is -0.364 e. The van der Waals surface area contributed by atoms with E-state index >= 15 is 0 Å². The number of aryl methyl sites for hydroxylation is 2. The number of carbonyl (C=O) groups is 1. The van der Waals surface area contributed by atoms with Crippen molar-refractivity contribution in [3.05, 3.63) is 46.0 Å². The molecule has 164 valence electrons. The van der Waals surface area contributed by atoms with Crippen molar-refractivity contribution in [3.63, 3.8) is 0 Å². The zero-order chi connectivity index (χ0) is 22.5. The van der Waals surface area contributed by atoms with Gasteiger partial charge in [0.2, 0.25) is 0 Å². The van der Waals surface area contributed by atoms with Crippen molar-refractivity contribution < 1.29 is 18.0 Å². The smallest absolute Gasteiger partial charge is 0.364 e. The number of aliphatic imine (C=N–C) groups is 1. The van der Waals surface area contributed by atoms with Gasteiger partial charge in [-0.05, 0) is 57.0 Å². The van der Waals surface area contributed by atoms with Crippen LogP contribution in [-0.4, -0.2) is 44.0 Å². The minimum atomic E-state index is -4.48. The Balaban J connectivity index is 1.98. The van der Waals surface area contributed by atoms with Gasteiger partial charge in [-0.1, -0.05) is 23.8 Å². The number of allylic oxidation sites excluding steroid dienone is 3. The summed E-state index contributed by atoms with van der Waals surface area (Å²) in [6, 6.07) is 3.94. The molecule has 0 aromatic heterocycles. The summed E-state index contributed by atoms with van der Waals surface area (Å²) < 4.78 is 39.0. The van der Waals surface area contributed by atoms with Gasteiger partial charge in [-0.3, -0.25) is 4.79 Å². The Morgan fingerprint density at radius 2 is 1.97 bits per heavy atom. The van der Waals surface area contributed by atoms with Crippen molar-refractivity contribution in [2.45, 2.75) is 33.4 Å². The topological polar surface area (TPSA) is 70.7 Å². The number of benzene rings is 1. The van der Waals surface area contributed by atoms with Crippen LogP contribution in [-0.2, 0) is 4.79 Å². The van der Waals surface area contributed by atoms with E-state index in [1.54, 1.807) is 0 Å². The summed E-state index contributed by atoms with van der Waals surface area (Å²) >= 11 is 5.67. The number of nitrogens with zero attached hydrogens (tertiary/aromatic N) is 2. The molecule has 9 heteroatoms.